The molecule has 1 saturated heterocycles. The van der Waals surface area contributed by atoms with Crippen LogP contribution in [0.3, 0.4) is 0 Å². The van der Waals surface area contributed by atoms with Crippen LogP contribution in [-0.4, -0.2) is 43.8 Å². The first-order chi connectivity index (χ1) is 17.7. The minimum Gasteiger partial charge on any atom is -0.361 e. The van der Waals surface area contributed by atoms with Gasteiger partial charge in [-0.05, 0) is 55.3 Å². The highest BCUT2D eigenvalue weighted by Crippen LogP contribution is 2.35. The van der Waals surface area contributed by atoms with Gasteiger partial charge in [-0.3, -0.25) is 9.78 Å². The summed E-state index contributed by atoms with van der Waals surface area (Å²) in [5, 5.41) is 1.01. The Balaban J connectivity index is 1.37. The molecule has 36 heavy (non-hydrogen) atoms. The molecule has 1 aliphatic rings. The molecule has 1 atom stereocenters. The van der Waals surface area contributed by atoms with Crippen LogP contribution in [0.5, 0.6) is 0 Å². The minimum atomic E-state index is -0.319. The maximum Gasteiger partial charge on any atom is 0.253 e. The Morgan fingerprint density at radius 2 is 1.94 bits per heavy atom. The number of H-pyrrole nitrogens is 1. The molecule has 1 fully saturated rings. The van der Waals surface area contributed by atoms with Crippen LogP contribution < -0.4 is 0 Å². The summed E-state index contributed by atoms with van der Waals surface area (Å²) >= 11 is 0. The summed E-state index contributed by atoms with van der Waals surface area (Å²) in [5.41, 5.74) is 4.34. The van der Waals surface area contributed by atoms with Crippen molar-refractivity contribution >= 4 is 16.8 Å². The first-order valence-electron chi connectivity index (χ1n) is 12.1. The van der Waals surface area contributed by atoms with Gasteiger partial charge in [-0.2, -0.15) is 0 Å². The molecule has 0 unspecified atom stereocenters. The molecule has 0 bridgehead atoms. The first-order valence-corrected chi connectivity index (χ1v) is 12.1. The van der Waals surface area contributed by atoms with E-state index in [1.807, 2.05) is 53.6 Å². The number of aromatic nitrogens is 4. The van der Waals surface area contributed by atoms with Gasteiger partial charge in [0.25, 0.3) is 5.91 Å². The predicted octanol–water partition coefficient (Wildman–Crippen LogP) is 5.85. The van der Waals surface area contributed by atoms with Crippen LogP contribution in [0, 0.1) is 5.82 Å². The minimum absolute atomic E-state index is 0.00298. The quantitative estimate of drug-likeness (QED) is 0.353. The Bertz CT molecular complexity index is 1550. The number of rotatable bonds is 4. The number of nitrogens with zero attached hydrogens (tertiary/aromatic N) is 4. The highest BCUT2D eigenvalue weighted by Gasteiger charge is 2.29. The summed E-state index contributed by atoms with van der Waals surface area (Å²) < 4.78 is 14.8. The van der Waals surface area contributed by atoms with Crippen LogP contribution in [0.15, 0.2) is 85.5 Å². The van der Waals surface area contributed by atoms with E-state index in [2.05, 4.69) is 15.0 Å². The van der Waals surface area contributed by atoms with Crippen molar-refractivity contribution < 1.29 is 9.18 Å². The van der Waals surface area contributed by atoms with Gasteiger partial charge in [-0.1, -0.05) is 18.2 Å². The van der Waals surface area contributed by atoms with Gasteiger partial charge < -0.3 is 9.88 Å². The molecule has 1 N–H and O–H groups in total. The van der Waals surface area contributed by atoms with Gasteiger partial charge in [0.1, 0.15) is 5.82 Å². The smallest absolute Gasteiger partial charge is 0.253 e. The second-order valence-corrected chi connectivity index (χ2v) is 9.08. The largest absolute Gasteiger partial charge is 0.361 e. The normalized spacial score (nSPS) is 15.8. The second-order valence-electron chi connectivity index (χ2n) is 9.08. The Kier molecular flexibility index (Phi) is 5.73. The number of likely N-dealkylation sites (tertiary alicyclic amines) is 1. The first kappa shape index (κ1) is 22.1. The fraction of sp³-hybridized carbons (Fsp3) is 0.172. The molecule has 0 radical (unpaired) electrons. The standard InChI is InChI=1S/C29H24FN5O/c30-25-8-2-1-7-23(25)24-17-33-28(21-5-3-12-31-16-21)34-27(24)22-6-4-14-35(18-22)29(36)20-9-10-26-19(15-20)11-13-32-26/h1-3,5,7-13,15-17,22,32H,4,6,14,18H2/t22-/m0/s1. The van der Waals surface area contributed by atoms with E-state index in [4.69, 9.17) is 4.98 Å². The third kappa shape index (κ3) is 4.13. The summed E-state index contributed by atoms with van der Waals surface area (Å²) in [6.07, 6.45) is 8.68. The maximum absolute atomic E-state index is 14.8. The van der Waals surface area contributed by atoms with E-state index in [1.54, 1.807) is 30.7 Å². The number of hydrogen-bond donors (Lipinski definition) is 1. The van der Waals surface area contributed by atoms with Crippen molar-refractivity contribution in [1.29, 1.82) is 0 Å². The van der Waals surface area contributed by atoms with Crippen molar-refractivity contribution in [3.05, 3.63) is 103 Å². The lowest BCUT2D eigenvalue weighted by Gasteiger charge is -2.33. The Labute approximate surface area is 207 Å². The van der Waals surface area contributed by atoms with Crippen molar-refractivity contribution in [2.75, 3.05) is 13.1 Å². The van der Waals surface area contributed by atoms with Gasteiger partial charge in [-0.25, -0.2) is 14.4 Å². The number of hydrogen-bond acceptors (Lipinski definition) is 4. The van der Waals surface area contributed by atoms with E-state index >= 15 is 0 Å². The zero-order valence-electron chi connectivity index (χ0n) is 19.6. The number of fused-ring (bicyclic) bond motifs is 1. The molecular weight excluding hydrogens is 453 g/mol. The summed E-state index contributed by atoms with van der Waals surface area (Å²) in [7, 11) is 0. The molecule has 0 aliphatic carbocycles. The van der Waals surface area contributed by atoms with Crippen LogP contribution >= 0.6 is 0 Å². The second kappa shape index (κ2) is 9.34. The van der Waals surface area contributed by atoms with Crippen molar-refractivity contribution in [1.82, 2.24) is 24.8 Å². The third-order valence-corrected chi connectivity index (χ3v) is 6.80. The van der Waals surface area contributed by atoms with Gasteiger partial charge in [0.2, 0.25) is 0 Å². The summed E-state index contributed by atoms with van der Waals surface area (Å²) in [6, 6.07) is 18.1. The molecule has 5 aromatic rings. The van der Waals surface area contributed by atoms with Crippen molar-refractivity contribution in [2.24, 2.45) is 0 Å². The Hall–Kier alpha value is -4.39. The van der Waals surface area contributed by atoms with Crippen LogP contribution in [-0.2, 0) is 0 Å². The Morgan fingerprint density at radius 1 is 1.03 bits per heavy atom. The number of aromatic amines is 1. The van der Waals surface area contributed by atoms with Crippen LogP contribution in [0.4, 0.5) is 4.39 Å². The topological polar surface area (TPSA) is 74.8 Å². The zero-order valence-corrected chi connectivity index (χ0v) is 19.6. The molecule has 0 spiro atoms. The molecule has 1 aliphatic heterocycles. The number of carbonyl (C=O) groups is 1. The molecule has 6 nitrogen and oxygen atoms in total. The maximum atomic E-state index is 14.8. The highest BCUT2D eigenvalue weighted by molar-refractivity contribution is 5.98. The van der Waals surface area contributed by atoms with Crippen molar-refractivity contribution in [3.8, 4) is 22.5 Å². The van der Waals surface area contributed by atoms with Crippen molar-refractivity contribution in [2.45, 2.75) is 18.8 Å². The zero-order chi connectivity index (χ0) is 24.5. The molecular formula is C29H24FN5O. The number of carbonyl (C=O) groups excluding carboxylic acids is 1. The van der Waals surface area contributed by atoms with Crippen molar-refractivity contribution in [3.63, 3.8) is 0 Å². The molecule has 4 heterocycles. The number of benzene rings is 2. The molecule has 0 saturated carbocycles. The van der Waals surface area contributed by atoms with E-state index in [9.17, 15) is 9.18 Å². The number of amides is 1. The lowest BCUT2D eigenvalue weighted by atomic mass is 9.89. The predicted molar refractivity (Wildman–Crippen MR) is 137 cm³/mol. The molecule has 6 rings (SSSR count). The molecule has 7 heteroatoms. The monoisotopic (exact) mass is 477 g/mol. The lowest BCUT2D eigenvalue weighted by molar-refractivity contribution is 0.0706. The fourth-order valence-corrected chi connectivity index (χ4v) is 4.98. The summed E-state index contributed by atoms with van der Waals surface area (Å²) in [5.74, 6) is 0.170. The average molecular weight is 478 g/mol. The third-order valence-electron chi connectivity index (χ3n) is 6.80. The van der Waals surface area contributed by atoms with Gasteiger partial charge >= 0.3 is 0 Å². The Morgan fingerprint density at radius 3 is 2.81 bits per heavy atom. The van der Waals surface area contributed by atoms with E-state index < -0.39 is 0 Å². The highest BCUT2D eigenvalue weighted by atomic mass is 19.1. The van der Waals surface area contributed by atoms with Crippen LogP contribution in [0.1, 0.15) is 34.8 Å². The molecule has 1 amide bonds. The molecule has 3 aromatic heterocycles. The van der Waals surface area contributed by atoms with Gasteiger partial charge in [-0.15, -0.1) is 0 Å². The van der Waals surface area contributed by atoms with E-state index in [0.29, 0.717) is 35.6 Å². The van der Waals surface area contributed by atoms with E-state index in [1.165, 1.54) is 6.07 Å². The lowest BCUT2D eigenvalue weighted by Crippen LogP contribution is -2.39. The van der Waals surface area contributed by atoms with E-state index in [0.717, 1.165) is 35.0 Å². The van der Waals surface area contributed by atoms with Gasteiger partial charge in [0.15, 0.2) is 5.82 Å². The molecule has 2 aromatic carbocycles. The SMILES string of the molecule is O=C(c1ccc2[nH]ccc2c1)N1CCC[C@H](c2nc(-c3cccnc3)ncc2-c2ccccc2F)C1. The average Bonchev–Trinajstić information content (AvgIpc) is 3.41. The van der Waals surface area contributed by atoms with E-state index in [-0.39, 0.29) is 17.6 Å². The van der Waals surface area contributed by atoms with Crippen LogP contribution in [0.2, 0.25) is 0 Å². The number of halogens is 1. The summed E-state index contributed by atoms with van der Waals surface area (Å²) in [6.45, 7) is 1.19. The molecule has 178 valence electrons. The van der Waals surface area contributed by atoms with Gasteiger partial charge in [0.05, 0.1) is 5.69 Å². The van der Waals surface area contributed by atoms with Crippen LogP contribution in [0.25, 0.3) is 33.4 Å². The fourth-order valence-electron chi connectivity index (χ4n) is 4.98. The number of nitrogens with one attached hydrogen (secondary N) is 1. The summed E-state index contributed by atoms with van der Waals surface area (Å²) in [4.78, 5) is 32.2. The number of piperidine rings is 1. The number of pyridine rings is 1. The van der Waals surface area contributed by atoms with Gasteiger partial charge in [0, 0.05) is 77.0 Å².